The van der Waals surface area contributed by atoms with E-state index in [0.717, 1.165) is 5.75 Å². The molecule has 2 aromatic rings. The smallest absolute Gasteiger partial charge is 0.379 e. The lowest BCUT2D eigenvalue weighted by Gasteiger charge is -2.07. The number of aryl methyl sites for hydroxylation is 1. The average molecular weight is 318 g/mol. The molecule has 0 atom stereocenters. The highest BCUT2D eigenvalue weighted by atomic mass is 32.2. The molecule has 1 N–H and O–H groups in total. The minimum absolute atomic E-state index is 0.117. The summed E-state index contributed by atoms with van der Waals surface area (Å²) >= 11 is 1.68. The molecule has 1 aromatic heterocycles. The highest BCUT2D eigenvalue weighted by molar-refractivity contribution is 7.99. The van der Waals surface area contributed by atoms with Crippen molar-refractivity contribution in [3.8, 4) is 5.88 Å². The molecule has 1 aromatic carbocycles. The van der Waals surface area contributed by atoms with Gasteiger partial charge in [0.15, 0.2) is 12.8 Å². The lowest BCUT2D eigenvalue weighted by atomic mass is 10.2. The Kier molecular flexibility index (Phi) is 6.09. The quantitative estimate of drug-likeness (QED) is 0.367. The molecule has 5 nitrogen and oxygen atoms in total. The number of hydrogen-bond acceptors (Lipinski definition) is 4. The van der Waals surface area contributed by atoms with Crippen LogP contribution < -0.4 is 14.8 Å². The monoisotopic (exact) mass is 318 g/mol. The number of benzene rings is 1. The molecule has 0 fully saturated rings. The molecule has 2 rings (SSSR count). The zero-order valence-corrected chi connectivity index (χ0v) is 13.1. The van der Waals surface area contributed by atoms with E-state index in [0.29, 0.717) is 11.3 Å². The topological polar surface area (TPSA) is 65.3 Å². The Labute approximate surface area is 133 Å². The minimum atomic E-state index is -0.242. The Morgan fingerprint density at radius 1 is 1.27 bits per heavy atom. The summed E-state index contributed by atoms with van der Waals surface area (Å²) < 4.78 is 5.74. The van der Waals surface area contributed by atoms with E-state index >= 15 is 0 Å². The third-order valence-corrected chi connectivity index (χ3v) is 3.87. The molecule has 0 saturated heterocycles. The Hall–Kier alpha value is -2.21. The van der Waals surface area contributed by atoms with Crippen LogP contribution in [0.5, 0.6) is 5.88 Å². The van der Waals surface area contributed by atoms with E-state index in [2.05, 4.69) is 29.6 Å². The molecule has 0 unspecified atom stereocenters. The predicted molar refractivity (Wildman–Crippen MR) is 85.8 cm³/mol. The van der Waals surface area contributed by atoms with E-state index in [9.17, 15) is 10.0 Å². The van der Waals surface area contributed by atoms with Crippen LogP contribution in [0.2, 0.25) is 0 Å². The van der Waals surface area contributed by atoms with Gasteiger partial charge in [0.1, 0.15) is 0 Å². The fourth-order valence-electron chi connectivity index (χ4n) is 1.71. The molecule has 0 aliphatic rings. The van der Waals surface area contributed by atoms with Crippen LogP contribution in [0.4, 0.5) is 0 Å². The Morgan fingerprint density at radius 3 is 2.77 bits per heavy atom. The van der Waals surface area contributed by atoms with Crippen molar-refractivity contribution in [3.05, 3.63) is 59.4 Å². The number of carbonyl (C=O) groups excluding carboxylic acids is 1. The number of rotatable bonds is 7. The molecule has 116 valence electrons. The number of amides is 1. The van der Waals surface area contributed by atoms with Crippen molar-refractivity contribution >= 4 is 17.7 Å². The van der Waals surface area contributed by atoms with Crippen molar-refractivity contribution in [2.24, 2.45) is 0 Å². The van der Waals surface area contributed by atoms with Gasteiger partial charge >= 0.3 is 5.88 Å². The van der Waals surface area contributed by atoms with Crippen molar-refractivity contribution in [1.82, 2.24) is 5.32 Å². The Bertz CT molecular complexity index is 617. The highest BCUT2D eigenvalue weighted by Gasteiger charge is 2.07. The van der Waals surface area contributed by atoms with E-state index < -0.39 is 0 Å². The van der Waals surface area contributed by atoms with Gasteiger partial charge in [-0.2, -0.15) is 0 Å². The first kappa shape index (κ1) is 16.2. The summed E-state index contributed by atoms with van der Waals surface area (Å²) in [6.45, 7) is 2.43. The van der Waals surface area contributed by atoms with Crippen LogP contribution in [0.25, 0.3) is 0 Å². The number of thioether (sulfide) groups is 1. The van der Waals surface area contributed by atoms with Gasteiger partial charge in [-0.15, -0.1) is 16.5 Å². The van der Waals surface area contributed by atoms with E-state index in [1.165, 1.54) is 22.7 Å². The van der Waals surface area contributed by atoms with Crippen molar-refractivity contribution in [2.45, 2.75) is 11.8 Å². The Morgan fingerprint density at radius 2 is 2.05 bits per heavy atom. The minimum Gasteiger partial charge on any atom is -0.616 e. The number of nitrogens with one attached hydrogen (secondary N) is 1. The van der Waals surface area contributed by atoms with E-state index in [1.807, 2.05) is 6.92 Å². The van der Waals surface area contributed by atoms with Crippen molar-refractivity contribution in [1.29, 1.82) is 0 Å². The molecule has 0 bridgehead atoms. The Balaban J connectivity index is 1.64. The van der Waals surface area contributed by atoms with Crippen LogP contribution in [0.3, 0.4) is 0 Å². The molecule has 0 aliphatic heterocycles. The zero-order chi connectivity index (χ0) is 15.8. The van der Waals surface area contributed by atoms with Gasteiger partial charge in [0.2, 0.25) is 0 Å². The number of ether oxygens (including phenoxy) is 1. The summed E-state index contributed by atoms with van der Waals surface area (Å²) in [6.07, 6.45) is 1.32. The van der Waals surface area contributed by atoms with Gasteiger partial charge < -0.3 is 15.3 Å². The number of pyridine rings is 1. The van der Waals surface area contributed by atoms with Crippen LogP contribution in [0, 0.1) is 12.1 Å². The van der Waals surface area contributed by atoms with Gasteiger partial charge in [0.25, 0.3) is 5.91 Å². The maximum atomic E-state index is 11.6. The molecule has 1 heterocycles. The van der Waals surface area contributed by atoms with E-state index in [-0.39, 0.29) is 18.4 Å². The van der Waals surface area contributed by atoms with Crippen molar-refractivity contribution in [2.75, 3.05) is 18.9 Å². The largest absolute Gasteiger partial charge is 0.616 e. The van der Waals surface area contributed by atoms with Gasteiger partial charge in [-0.1, -0.05) is 17.7 Å². The second-order valence-electron chi connectivity index (χ2n) is 4.66. The second kappa shape index (κ2) is 8.29. The molecule has 0 spiro atoms. The molecule has 6 heteroatoms. The summed E-state index contributed by atoms with van der Waals surface area (Å²) in [5, 5.41) is 14.1. The number of carbonyl (C=O) groups is 1. The number of hydrogen-bond donors (Lipinski definition) is 1. The summed E-state index contributed by atoms with van der Waals surface area (Å²) in [5.74, 6) is 0.654. The fraction of sp³-hybridized carbons (Fsp3) is 0.250. The van der Waals surface area contributed by atoms with Crippen LogP contribution in [0.1, 0.15) is 5.56 Å². The first-order chi connectivity index (χ1) is 10.6. The third-order valence-electron chi connectivity index (χ3n) is 2.85. The first-order valence-corrected chi connectivity index (χ1v) is 7.91. The zero-order valence-electron chi connectivity index (χ0n) is 12.3. The third kappa shape index (κ3) is 5.29. The molecule has 1 amide bonds. The maximum Gasteiger partial charge on any atom is 0.379 e. The maximum absolute atomic E-state index is 11.6. The van der Waals surface area contributed by atoms with Crippen LogP contribution in [0.15, 0.2) is 53.6 Å². The van der Waals surface area contributed by atoms with Gasteiger partial charge in [-0.25, -0.2) is 0 Å². The standard InChI is InChI=1S/C16H18N2O3S/c1-13-5-7-14(8-6-13)22-11-9-17-15(19)12-21-16-4-2-3-10-18(16)20/h2-8,10H,9,11-12H2,1H3,(H,17,19). The summed E-state index contributed by atoms with van der Waals surface area (Å²) in [5.41, 5.74) is 1.23. The van der Waals surface area contributed by atoms with Crippen LogP contribution in [-0.4, -0.2) is 24.8 Å². The van der Waals surface area contributed by atoms with Gasteiger partial charge in [0.05, 0.1) is 6.07 Å². The van der Waals surface area contributed by atoms with Gasteiger partial charge in [0, 0.05) is 23.3 Å². The average Bonchev–Trinajstić information content (AvgIpc) is 2.52. The van der Waals surface area contributed by atoms with Crippen LogP contribution >= 0.6 is 11.8 Å². The van der Waals surface area contributed by atoms with Gasteiger partial charge in [-0.3, -0.25) is 4.79 Å². The van der Waals surface area contributed by atoms with Crippen molar-refractivity contribution < 1.29 is 14.3 Å². The summed E-state index contributed by atoms with van der Waals surface area (Å²) in [7, 11) is 0. The number of aromatic nitrogens is 1. The normalized spacial score (nSPS) is 10.2. The predicted octanol–water partition coefficient (Wildman–Crippen LogP) is 1.92. The number of nitrogens with zero attached hydrogens (tertiary/aromatic N) is 1. The first-order valence-electron chi connectivity index (χ1n) is 6.92. The van der Waals surface area contributed by atoms with Crippen LogP contribution in [-0.2, 0) is 4.79 Å². The summed E-state index contributed by atoms with van der Waals surface area (Å²) in [6, 6.07) is 13.1. The highest BCUT2D eigenvalue weighted by Crippen LogP contribution is 2.17. The molecule has 0 aliphatic carbocycles. The lowest BCUT2D eigenvalue weighted by molar-refractivity contribution is -0.612. The van der Waals surface area contributed by atoms with E-state index in [1.54, 1.807) is 23.9 Å². The SMILES string of the molecule is Cc1ccc(SCCNC(=O)COc2cccc[n+]2[O-])cc1. The molecule has 22 heavy (non-hydrogen) atoms. The molecular formula is C16H18N2O3S. The molecule has 0 saturated carbocycles. The molecule has 0 radical (unpaired) electrons. The van der Waals surface area contributed by atoms with Gasteiger partial charge in [-0.05, 0) is 25.1 Å². The molecular weight excluding hydrogens is 300 g/mol. The van der Waals surface area contributed by atoms with E-state index in [4.69, 9.17) is 4.74 Å². The summed E-state index contributed by atoms with van der Waals surface area (Å²) in [4.78, 5) is 12.8. The second-order valence-corrected chi connectivity index (χ2v) is 5.83. The fourth-order valence-corrected chi connectivity index (χ4v) is 2.48. The lowest BCUT2D eigenvalue weighted by Crippen LogP contribution is -2.34. The van der Waals surface area contributed by atoms with Crippen molar-refractivity contribution in [3.63, 3.8) is 0 Å².